The van der Waals surface area contributed by atoms with E-state index in [4.69, 9.17) is 4.74 Å². The Kier molecular flexibility index (Phi) is 6.84. The summed E-state index contributed by atoms with van der Waals surface area (Å²) in [5, 5.41) is 2.88. The second kappa shape index (κ2) is 8.67. The van der Waals surface area contributed by atoms with Crippen LogP contribution in [-0.4, -0.2) is 44.4 Å². The molecule has 0 unspecified atom stereocenters. The molecule has 1 atom stereocenters. The maximum Gasteiger partial charge on any atom is 0.258 e. The van der Waals surface area contributed by atoms with E-state index in [1.54, 1.807) is 25.1 Å². The van der Waals surface area contributed by atoms with Gasteiger partial charge in [0.1, 0.15) is 5.75 Å². The monoisotopic (exact) mass is 368 g/mol. The van der Waals surface area contributed by atoms with Crippen molar-refractivity contribution in [3.8, 4) is 5.75 Å². The third kappa shape index (κ3) is 5.19. The minimum absolute atomic E-state index is 0.0763. The summed E-state index contributed by atoms with van der Waals surface area (Å²) >= 11 is 0. The molecule has 1 aromatic carbocycles. The molecule has 0 aromatic heterocycles. The molecule has 1 heterocycles. The van der Waals surface area contributed by atoms with Crippen LogP contribution in [0.15, 0.2) is 23.1 Å². The molecule has 0 aliphatic carbocycles. The summed E-state index contributed by atoms with van der Waals surface area (Å²) < 4.78 is 32.2. The number of hydrogen-bond acceptors (Lipinski definition) is 4. The van der Waals surface area contributed by atoms with Gasteiger partial charge in [-0.05, 0) is 56.9 Å². The number of rotatable bonds is 8. The van der Waals surface area contributed by atoms with Gasteiger partial charge in [0.25, 0.3) is 5.91 Å². The zero-order valence-corrected chi connectivity index (χ0v) is 16.1. The molecular weight excluding hydrogens is 340 g/mol. The van der Waals surface area contributed by atoms with Gasteiger partial charge in [-0.25, -0.2) is 8.42 Å². The molecule has 0 radical (unpaired) electrons. The number of benzene rings is 1. The first-order chi connectivity index (χ1) is 11.8. The number of carbonyl (C=O) groups is 1. The van der Waals surface area contributed by atoms with Gasteiger partial charge in [0.2, 0.25) is 10.0 Å². The zero-order chi connectivity index (χ0) is 18.4. The lowest BCUT2D eigenvalue weighted by molar-refractivity contribution is -0.123. The van der Waals surface area contributed by atoms with E-state index < -0.39 is 10.0 Å². The molecule has 1 saturated heterocycles. The maximum atomic E-state index is 12.6. The molecule has 7 heteroatoms. The van der Waals surface area contributed by atoms with Crippen molar-refractivity contribution >= 4 is 15.9 Å². The summed E-state index contributed by atoms with van der Waals surface area (Å²) in [7, 11) is -3.43. The van der Waals surface area contributed by atoms with Crippen molar-refractivity contribution in [3.63, 3.8) is 0 Å². The summed E-state index contributed by atoms with van der Waals surface area (Å²) in [5.41, 5.74) is 0.703. The van der Waals surface area contributed by atoms with Gasteiger partial charge in [-0.2, -0.15) is 4.31 Å². The third-order valence-corrected chi connectivity index (χ3v) is 6.23. The normalized spacial score (nSPS) is 16.6. The fraction of sp³-hybridized carbons (Fsp3) is 0.611. The van der Waals surface area contributed by atoms with Gasteiger partial charge in [-0.15, -0.1) is 0 Å². The number of nitrogens with one attached hydrogen (secondary N) is 1. The highest BCUT2D eigenvalue weighted by Gasteiger charge is 2.27. The molecule has 0 saturated carbocycles. The smallest absolute Gasteiger partial charge is 0.258 e. The van der Waals surface area contributed by atoms with E-state index in [2.05, 4.69) is 12.2 Å². The average molecular weight is 368 g/mol. The van der Waals surface area contributed by atoms with Crippen LogP contribution in [0.3, 0.4) is 0 Å². The minimum atomic E-state index is -3.43. The van der Waals surface area contributed by atoms with Crippen molar-refractivity contribution in [2.24, 2.45) is 0 Å². The van der Waals surface area contributed by atoms with Gasteiger partial charge in [0, 0.05) is 19.1 Å². The molecule has 1 fully saturated rings. The van der Waals surface area contributed by atoms with Gasteiger partial charge in [-0.3, -0.25) is 4.79 Å². The van der Waals surface area contributed by atoms with Gasteiger partial charge in [0.15, 0.2) is 6.61 Å². The highest BCUT2D eigenvalue weighted by atomic mass is 32.2. The van der Waals surface area contributed by atoms with E-state index in [0.717, 1.165) is 25.7 Å². The Morgan fingerprint density at radius 1 is 1.32 bits per heavy atom. The predicted octanol–water partition coefficient (Wildman–Crippen LogP) is 2.46. The van der Waals surface area contributed by atoms with Crippen molar-refractivity contribution in [1.29, 1.82) is 0 Å². The maximum absolute atomic E-state index is 12.6. The molecular formula is C18H28N2O4S. The number of ether oxygens (including phenoxy) is 1. The summed E-state index contributed by atoms with van der Waals surface area (Å²) in [5.74, 6) is 0.354. The fourth-order valence-corrected chi connectivity index (χ4v) is 4.59. The highest BCUT2D eigenvalue weighted by molar-refractivity contribution is 7.89. The topological polar surface area (TPSA) is 75.7 Å². The van der Waals surface area contributed by atoms with Crippen LogP contribution in [-0.2, 0) is 14.8 Å². The van der Waals surface area contributed by atoms with Crippen molar-refractivity contribution in [3.05, 3.63) is 23.8 Å². The van der Waals surface area contributed by atoms with Gasteiger partial charge < -0.3 is 10.1 Å². The van der Waals surface area contributed by atoms with E-state index >= 15 is 0 Å². The van der Waals surface area contributed by atoms with Crippen LogP contribution in [0, 0.1) is 6.92 Å². The van der Waals surface area contributed by atoms with Crippen molar-refractivity contribution in [2.45, 2.75) is 57.4 Å². The van der Waals surface area contributed by atoms with Crippen LogP contribution >= 0.6 is 0 Å². The summed E-state index contributed by atoms with van der Waals surface area (Å²) in [4.78, 5) is 12.2. The largest absolute Gasteiger partial charge is 0.484 e. The first kappa shape index (κ1) is 19.7. The lowest BCUT2D eigenvalue weighted by Crippen LogP contribution is -2.36. The van der Waals surface area contributed by atoms with Gasteiger partial charge in [0.05, 0.1) is 4.90 Å². The molecule has 25 heavy (non-hydrogen) atoms. The van der Waals surface area contributed by atoms with E-state index in [1.807, 2.05) is 6.92 Å². The van der Waals surface area contributed by atoms with Crippen LogP contribution in [0.5, 0.6) is 5.75 Å². The standard InChI is InChI=1S/C18H28N2O4S/c1-4-7-15(3)19-18(21)13-24-17-9-8-16(12-14(17)2)25(22,23)20-10-5-6-11-20/h8-9,12,15H,4-7,10-11,13H2,1-3H3,(H,19,21)/t15-/m1/s1. The lowest BCUT2D eigenvalue weighted by Gasteiger charge is -2.17. The Balaban J connectivity index is 1.99. The molecule has 0 spiro atoms. The lowest BCUT2D eigenvalue weighted by atomic mass is 10.2. The molecule has 1 amide bonds. The van der Waals surface area contributed by atoms with Crippen LogP contribution < -0.4 is 10.1 Å². The first-order valence-electron chi connectivity index (χ1n) is 8.87. The van der Waals surface area contributed by atoms with E-state index in [-0.39, 0.29) is 23.5 Å². The molecule has 0 bridgehead atoms. The molecule has 2 rings (SSSR count). The molecule has 140 valence electrons. The Bertz CT molecular complexity index is 697. The fourth-order valence-electron chi connectivity index (χ4n) is 2.99. The quantitative estimate of drug-likeness (QED) is 0.765. The first-order valence-corrected chi connectivity index (χ1v) is 10.3. The van der Waals surface area contributed by atoms with Crippen molar-refractivity contribution in [2.75, 3.05) is 19.7 Å². The van der Waals surface area contributed by atoms with Crippen LogP contribution in [0.2, 0.25) is 0 Å². The summed E-state index contributed by atoms with van der Waals surface area (Å²) in [6.45, 7) is 6.90. The number of nitrogens with zero attached hydrogens (tertiary/aromatic N) is 1. The SMILES string of the molecule is CCC[C@@H](C)NC(=O)COc1ccc(S(=O)(=O)N2CCCC2)cc1C. The molecule has 1 aromatic rings. The van der Waals surface area contributed by atoms with Crippen molar-refractivity contribution in [1.82, 2.24) is 9.62 Å². The molecule has 6 nitrogen and oxygen atoms in total. The Labute approximate surface area is 150 Å². The number of amides is 1. The second-order valence-electron chi connectivity index (χ2n) is 6.58. The Morgan fingerprint density at radius 3 is 2.60 bits per heavy atom. The van der Waals surface area contributed by atoms with Crippen molar-refractivity contribution < 1.29 is 17.9 Å². The van der Waals surface area contributed by atoms with E-state index in [1.165, 1.54) is 4.31 Å². The number of sulfonamides is 1. The second-order valence-corrected chi connectivity index (χ2v) is 8.52. The molecule has 1 aliphatic heterocycles. The van der Waals surface area contributed by atoms with Crippen LogP contribution in [0.25, 0.3) is 0 Å². The van der Waals surface area contributed by atoms with Gasteiger partial charge in [-0.1, -0.05) is 13.3 Å². The number of hydrogen-bond donors (Lipinski definition) is 1. The Morgan fingerprint density at radius 2 is 2.00 bits per heavy atom. The Hall–Kier alpha value is -1.60. The predicted molar refractivity (Wildman–Crippen MR) is 97.2 cm³/mol. The molecule has 1 aliphatic rings. The highest BCUT2D eigenvalue weighted by Crippen LogP contribution is 2.26. The van der Waals surface area contributed by atoms with E-state index in [9.17, 15) is 13.2 Å². The number of carbonyl (C=O) groups excluding carboxylic acids is 1. The minimum Gasteiger partial charge on any atom is -0.484 e. The summed E-state index contributed by atoms with van der Waals surface area (Å²) in [6.07, 6.45) is 3.75. The van der Waals surface area contributed by atoms with Crippen LogP contribution in [0.1, 0.15) is 45.1 Å². The van der Waals surface area contributed by atoms with E-state index in [0.29, 0.717) is 24.4 Å². The van der Waals surface area contributed by atoms with Gasteiger partial charge >= 0.3 is 0 Å². The molecule has 1 N–H and O–H groups in total. The average Bonchev–Trinajstić information content (AvgIpc) is 3.09. The summed E-state index contributed by atoms with van der Waals surface area (Å²) in [6, 6.07) is 4.91. The zero-order valence-electron chi connectivity index (χ0n) is 15.2. The third-order valence-electron chi connectivity index (χ3n) is 4.34. The number of aryl methyl sites for hydroxylation is 1. The van der Waals surface area contributed by atoms with Crippen LogP contribution in [0.4, 0.5) is 0 Å².